The van der Waals surface area contributed by atoms with Gasteiger partial charge in [-0.15, -0.1) is 0 Å². The minimum atomic E-state index is 0.993. The topological polar surface area (TPSA) is 0 Å². The predicted octanol–water partition coefficient (Wildman–Crippen LogP) is 7.75. The van der Waals surface area contributed by atoms with Crippen LogP contribution in [0.3, 0.4) is 0 Å². The number of rotatable bonds is 14. The highest BCUT2D eigenvalue weighted by molar-refractivity contribution is 8.00. The van der Waals surface area contributed by atoms with Gasteiger partial charge in [-0.3, -0.25) is 0 Å². The van der Waals surface area contributed by atoms with Crippen LogP contribution in [0.1, 0.15) is 117 Å². The molecule has 1 saturated heterocycles. The first-order valence-corrected chi connectivity index (χ1v) is 11.0. The lowest BCUT2D eigenvalue weighted by Crippen LogP contribution is -1.97. The molecule has 1 fully saturated rings. The van der Waals surface area contributed by atoms with E-state index in [1.54, 1.807) is 0 Å². The average Bonchev–Trinajstić information content (AvgIpc) is 2.96. The van der Waals surface area contributed by atoms with E-state index in [2.05, 4.69) is 25.6 Å². The Morgan fingerprint density at radius 2 is 1.10 bits per heavy atom. The summed E-state index contributed by atoms with van der Waals surface area (Å²) in [7, 11) is 0. The summed E-state index contributed by atoms with van der Waals surface area (Å²) in [6.45, 7) is 4.65. The minimum absolute atomic E-state index is 0.993. The van der Waals surface area contributed by atoms with E-state index in [1.165, 1.54) is 103 Å². The molecule has 0 amide bonds. The molecule has 0 aliphatic carbocycles. The quantitative estimate of drug-likeness (QED) is 0.295. The molecule has 0 aromatic heterocycles. The maximum Gasteiger partial charge on any atom is 0.00502 e. The van der Waals surface area contributed by atoms with Gasteiger partial charge in [0.2, 0.25) is 0 Å². The zero-order chi connectivity index (χ0) is 15.2. The Morgan fingerprint density at radius 1 is 0.619 bits per heavy atom. The maximum atomic E-state index is 2.35. The summed E-state index contributed by atoms with van der Waals surface area (Å²) in [6, 6.07) is 0. The third kappa shape index (κ3) is 10.7. The molecule has 2 atom stereocenters. The van der Waals surface area contributed by atoms with Crippen molar-refractivity contribution in [2.75, 3.05) is 0 Å². The van der Waals surface area contributed by atoms with Gasteiger partial charge in [-0.25, -0.2) is 0 Å². The van der Waals surface area contributed by atoms with Gasteiger partial charge in [-0.2, -0.15) is 11.8 Å². The summed E-state index contributed by atoms with van der Waals surface area (Å²) in [6.07, 6.45) is 23.6. The molecule has 0 spiro atoms. The molecule has 1 heteroatoms. The predicted molar refractivity (Wildman–Crippen MR) is 100 cm³/mol. The molecule has 126 valence electrons. The van der Waals surface area contributed by atoms with Crippen LogP contribution in [0.25, 0.3) is 0 Å². The second-order valence-electron chi connectivity index (χ2n) is 7.04. The van der Waals surface area contributed by atoms with Crippen molar-refractivity contribution in [1.29, 1.82) is 0 Å². The van der Waals surface area contributed by atoms with E-state index >= 15 is 0 Å². The SMILES string of the molecule is CCCCCCCCCCCCCCC1CCC(CC)S1. The van der Waals surface area contributed by atoms with Gasteiger partial charge in [0, 0.05) is 10.5 Å². The molecule has 0 saturated carbocycles. The van der Waals surface area contributed by atoms with Crippen LogP contribution in [0.15, 0.2) is 0 Å². The Hall–Kier alpha value is 0.350. The molecule has 21 heavy (non-hydrogen) atoms. The highest BCUT2D eigenvalue weighted by atomic mass is 32.2. The Bertz CT molecular complexity index is 214. The molecule has 0 nitrogen and oxygen atoms in total. The molecular formula is C20H40S. The van der Waals surface area contributed by atoms with Gasteiger partial charge >= 0.3 is 0 Å². The first kappa shape index (κ1) is 19.4. The van der Waals surface area contributed by atoms with Crippen LogP contribution in [-0.4, -0.2) is 10.5 Å². The molecular weight excluding hydrogens is 272 g/mol. The number of hydrogen-bond acceptors (Lipinski definition) is 1. The molecule has 1 aliphatic rings. The number of hydrogen-bond donors (Lipinski definition) is 0. The van der Waals surface area contributed by atoms with E-state index in [-0.39, 0.29) is 0 Å². The van der Waals surface area contributed by atoms with E-state index in [0.717, 1.165) is 10.5 Å². The highest BCUT2D eigenvalue weighted by Crippen LogP contribution is 2.38. The molecule has 0 aromatic carbocycles. The molecule has 0 N–H and O–H groups in total. The summed E-state index contributed by atoms with van der Waals surface area (Å²) in [4.78, 5) is 0. The Kier molecular flexibility index (Phi) is 12.9. The summed E-state index contributed by atoms with van der Waals surface area (Å²) in [5, 5.41) is 2.00. The molecule has 0 radical (unpaired) electrons. The summed E-state index contributed by atoms with van der Waals surface area (Å²) in [5.41, 5.74) is 0. The summed E-state index contributed by atoms with van der Waals surface area (Å²) >= 11 is 2.29. The van der Waals surface area contributed by atoms with E-state index in [0.29, 0.717) is 0 Å². The second kappa shape index (κ2) is 14.0. The minimum Gasteiger partial charge on any atom is -0.155 e. The third-order valence-corrected chi connectivity index (χ3v) is 6.84. The van der Waals surface area contributed by atoms with Crippen molar-refractivity contribution in [3.8, 4) is 0 Å². The average molecular weight is 313 g/mol. The monoisotopic (exact) mass is 312 g/mol. The fraction of sp³-hybridized carbons (Fsp3) is 1.00. The van der Waals surface area contributed by atoms with Crippen LogP contribution in [0.4, 0.5) is 0 Å². The molecule has 1 rings (SSSR count). The lowest BCUT2D eigenvalue weighted by Gasteiger charge is -2.09. The van der Waals surface area contributed by atoms with E-state index in [4.69, 9.17) is 0 Å². The zero-order valence-electron chi connectivity index (χ0n) is 14.9. The Morgan fingerprint density at radius 3 is 1.57 bits per heavy atom. The third-order valence-electron chi connectivity index (χ3n) is 5.03. The lowest BCUT2D eigenvalue weighted by atomic mass is 10.0. The van der Waals surface area contributed by atoms with E-state index in [1.807, 2.05) is 0 Å². The van der Waals surface area contributed by atoms with Crippen molar-refractivity contribution >= 4 is 11.8 Å². The van der Waals surface area contributed by atoms with Gasteiger partial charge < -0.3 is 0 Å². The van der Waals surface area contributed by atoms with Crippen LogP contribution in [0, 0.1) is 0 Å². The normalized spacial score (nSPS) is 22.0. The van der Waals surface area contributed by atoms with Crippen molar-refractivity contribution in [3.63, 3.8) is 0 Å². The van der Waals surface area contributed by atoms with Gasteiger partial charge in [-0.05, 0) is 25.7 Å². The Labute approximate surface area is 139 Å². The second-order valence-corrected chi connectivity index (χ2v) is 8.65. The summed E-state index contributed by atoms with van der Waals surface area (Å²) in [5.74, 6) is 0. The van der Waals surface area contributed by atoms with Crippen LogP contribution in [0.2, 0.25) is 0 Å². The molecule has 0 aromatic rings. The largest absolute Gasteiger partial charge is 0.155 e. The van der Waals surface area contributed by atoms with Crippen LogP contribution < -0.4 is 0 Å². The molecule has 0 bridgehead atoms. The first-order chi connectivity index (χ1) is 10.4. The number of unbranched alkanes of at least 4 members (excludes halogenated alkanes) is 11. The lowest BCUT2D eigenvalue weighted by molar-refractivity contribution is 0.535. The fourth-order valence-electron chi connectivity index (χ4n) is 3.51. The number of thioether (sulfide) groups is 1. The van der Waals surface area contributed by atoms with Gasteiger partial charge in [0.25, 0.3) is 0 Å². The van der Waals surface area contributed by atoms with Gasteiger partial charge in [0.15, 0.2) is 0 Å². The van der Waals surface area contributed by atoms with Crippen molar-refractivity contribution < 1.29 is 0 Å². The maximum absolute atomic E-state index is 2.35. The zero-order valence-corrected chi connectivity index (χ0v) is 15.7. The standard InChI is InChI=1S/C20H40S/c1-3-5-6-7-8-9-10-11-12-13-14-15-16-20-18-17-19(4-2)21-20/h19-20H,3-18H2,1-2H3. The van der Waals surface area contributed by atoms with Crippen LogP contribution in [-0.2, 0) is 0 Å². The first-order valence-electron chi connectivity index (χ1n) is 10.0. The molecule has 1 aliphatic heterocycles. The van der Waals surface area contributed by atoms with Crippen molar-refractivity contribution in [2.45, 2.75) is 127 Å². The van der Waals surface area contributed by atoms with E-state index < -0.39 is 0 Å². The van der Waals surface area contributed by atoms with Gasteiger partial charge in [0.05, 0.1) is 0 Å². The highest BCUT2D eigenvalue weighted by Gasteiger charge is 2.22. The van der Waals surface area contributed by atoms with Crippen molar-refractivity contribution in [3.05, 3.63) is 0 Å². The summed E-state index contributed by atoms with van der Waals surface area (Å²) < 4.78 is 0. The van der Waals surface area contributed by atoms with Crippen molar-refractivity contribution in [1.82, 2.24) is 0 Å². The Balaban J connectivity index is 1.73. The smallest absolute Gasteiger partial charge is 0.00502 e. The van der Waals surface area contributed by atoms with Gasteiger partial charge in [0.1, 0.15) is 0 Å². The van der Waals surface area contributed by atoms with E-state index in [9.17, 15) is 0 Å². The van der Waals surface area contributed by atoms with Crippen LogP contribution in [0.5, 0.6) is 0 Å². The van der Waals surface area contributed by atoms with Crippen molar-refractivity contribution in [2.24, 2.45) is 0 Å². The van der Waals surface area contributed by atoms with Crippen LogP contribution >= 0.6 is 11.8 Å². The molecule has 1 heterocycles. The molecule has 2 unspecified atom stereocenters. The fourth-order valence-corrected chi connectivity index (χ4v) is 5.09. The van der Waals surface area contributed by atoms with Gasteiger partial charge in [-0.1, -0.05) is 90.9 Å².